The van der Waals surface area contributed by atoms with Gasteiger partial charge in [-0.25, -0.2) is 0 Å². The van der Waals surface area contributed by atoms with Gasteiger partial charge in [0.1, 0.15) is 0 Å². The van der Waals surface area contributed by atoms with E-state index in [2.05, 4.69) is 13.8 Å². The van der Waals surface area contributed by atoms with E-state index in [4.69, 9.17) is 9.66 Å². The number of unbranched alkanes of at least 4 members (excludes halogenated alkanes) is 5. The van der Waals surface area contributed by atoms with Crippen LogP contribution in [-0.4, -0.2) is 29.8 Å². The minimum Gasteiger partial charge on any atom is -0.480 e. The van der Waals surface area contributed by atoms with Gasteiger partial charge in [0.2, 0.25) is 0 Å². The summed E-state index contributed by atoms with van der Waals surface area (Å²) >= 11 is 0. The third-order valence-corrected chi connectivity index (χ3v) is 2.27. The SMILES string of the molecule is O=C(O)CS(=O)(=O)O.[CH2-]CCCCCCC.[Na+]. The van der Waals surface area contributed by atoms with Crippen molar-refractivity contribution < 1.29 is 52.4 Å². The second-order valence-electron chi connectivity index (χ2n) is 3.39. The van der Waals surface area contributed by atoms with Gasteiger partial charge in [-0.2, -0.15) is 14.8 Å². The summed E-state index contributed by atoms with van der Waals surface area (Å²) in [7, 11) is -4.32. The van der Waals surface area contributed by atoms with Crippen LogP contribution in [0.4, 0.5) is 0 Å². The van der Waals surface area contributed by atoms with Crippen molar-refractivity contribution in [1.82, 2.24) is 0 Å². The molecule has 7 heteroatoms. The van der Waals surface area contributed by atoms with E-state index in [-0.39, 0.29) is 29.6 Å². The molecule has 0 aliphatic rings. The van der Waals surface area contributed by atoms with Crippen LogP contribution in [0.15, 0.2) is 0 Å². The Balaban J connectivity index is -0.000000218. The molecule has 0 bridgehead atoms. The number of carboxylic acids is 1. The Morgan fingerprint density at radius 3 is 1.88 bits per heavy atom. The number of hydrogen-bond acceptors (Lipinski definition) is 3. The van der Waals surface area contributed by atoms with Crippen molar-refractivity contribution in [2.24, 2.45) is 0 Å². The van der Waals surface area contributed by atoms with Crippen molar-refractivity contribution >= 4 is 16.1 Å². The molecule has 0 aromatic rings. The largest absolute Gasteiger partial charge is 1.00 e. The average Bonchev–Trinajstić information content (AvgIpc) is 2.09. The molecule has 0 aliphatic carbocycles. The third-order valence-electron chi connectivity index (χ3n) is 1.66. The number of rotatable bonds is 7. The van der Waals surface area contributed by atoms with E-state index in [1.807, 2.05) is 0 Å². The van der Waals surface area contributed by atoms with Gasteiger partial charge in [0, 0.05) is 0 Å². The first-order valence-electron chi connectivity index (χ1n) is 5.29. The zero-order chi connectivity index (χ0) is 13.0. The second-order valence-corrected chi connectivity index (χ2v) is 4.84. The Labute approximate surface area is 126 Å². The van der Waals surface area contributed by atoms with Crippen LogP contribution < -0.4 is 29.6 Å². The van der Waals surface area contributed by atoms with Crippen LogP contribution in [0.25, 0.3) is 0 Å². The van der Waals surface area contributed by atoms with Crippen LogP contribution in [0.3, 0.4) is 0 Å². The van der Waals surface area contributed by atoms with E-state index in [0.29, 0.717) is 0 Å². The van der Waals surface area contributed by atoms with Crippen LogP contribution >= 0.6 is 0 Å². The standard InChI is InChI=1S/C8H17.C2H4O5S.Na/c1-3-5-7-8-6-4-2;3-2(4)1-8(5,6)7;/h1,3-8H2,2H3;1H2,(H,3,4)(H,5,6,7);/q-1;;+1. The maximum Gasteiger partial charge on any atom is 1.00 e. The van der Waals surface area contributed by atoms with Crippen LogP contribution in [0, 0.1) is 6.92 Å². The van der Waals surface area contributed by atoms with Crippen molar-refractivity contribution in [3.8, 4) is 0 Å². The monoisotopic (exact) mass is 276 g/mol. The summed E-state index contributed by atoms with van der Waals surface area (Å²) in [5.74, 6) is -2.79. The predicted molar refractivity (Wildman–Crippen MR) is 62.8 cm³/mol. The molecule has 0 spiro atoms. The van der Waals surface area contributed by atoms with Crippen molar-refractivity contribution in [2.75, 3.05) is 5.75 Å². The van der Waals surface area contributed by atoms with Crippen molar-refractivity contribution in [1.29, 1.82) is 0 Å². The topological polar surface area (TPSA) is 91.7 Å². The van der Waals surface area contributed by atoms with Gasteiger partial charge in [-0.15, -0.1) is 0 Å². The van der Waals surface area contributed by atoms with Gasteiger partial charge < -0.3 is 12.0 Å². The summed E-state index contributed by atoms with van der Waals surface area (Å²) in [5, 5.41) is 7.71. The Bertz CT molecular complexity index is 258. The smallest absolute Gasteiger partial charge is 0.480 e. The fourth-order valence-electron chi connectivity index (χ4n) is 0.936. The number of hydrogen-bond donors (Lipinski definition) is 2. The molecule has 0 atom stereocenters. The molecule has 0 aliphatic heterocycles. The van der Waals surface area contributed by atoms with E-state index in [9.17, 15) is 13.2 Å². The third kappa shape index (κ3) is 31.4. The van der Waals surface area contributed by atoms with Crippen molar-refractivity contribution in [2.45, 2.75) is 45.4 Å². The molecule has 2 N–H and O–H groups in total. The first kappa shape index (κ1) is 22.6. The maximum absolute atomic E-state index is 9.62. The molecule has 0 radical (unpaired) electrons. The molecular formula is C10H21NaO5S. The van der Waals surface area contributed by atoms with Gasteiger partial charge >= 0.3 is 35.5 Å². The quantitative estimate of drug-likeness (QED) is 0.273. The molecular weight excluding hydrogens is 255 g/mol. The van der Waals surface area contributed by atoms with Crippen LogP contribution in [0.5, 0.6) is 0 Å². The minimum absolute atomic E-state index is 0. The van der Waals surface area contributed by atoms with E-state index in [1.54, 1.807) is 0 Å². The molecule has 17 heavy (non-hydrogen) atoms. The summed E-state index contributed by atoms with van der Waals surface area (Å²) in [6.45, 7) is 6.02. The van der Waals surface area contributed by atoms with Crippen molar-refractivity contribution in [3.63, 3.8) is 0 Å². The second kappa shape index (κ2) is 14.4. The van der Waals surface area contributed by atoms with Gasteiger partial charge in [0.05, 0.1) is 0 Å². The molecule has 98 valence electrons. The molecule has 0 aromatic carbocycles. The molecule has 0 saturated heterocycles. The molecule has 0 saturated carbocycles. The van der Waals surface area contributed by atoms with Crippen LogP contribution in [-0.2, 0) is 14.9 Å². The molecule has 0 unspecified atom stereocenters. The minimum atomic E-state index is -4.32. The van der Waals surface area contributed by atoms with Gasteiger partial charge in [-0.1, -0.05) is 39.0 Å². The van der Waals surface area contributed by atoms with Crippen LogP contribution in [0.1, 0.15) is 45.4 Å². The molecule has 0 aromatic heterocycles. The summed E-state index contributed by atoms with van der Waals surface area (Å²) in [4.78, 5) is 9.48. The number of carbonyl (C=O) groups is 1. The Kier molecular flexibility index (Phi) is 19.2. The number of aliphatic carboxylic acids is 1. The Morgan fingerprint density at radius 2 is 1.65 bits per heavy atom. The summed E-state index contributed by atoms with van der Waals surface area (Å²) in [6.07, 6.45) is 7.98. The molecule has 0 rings (SSSR count). The Hall–Kier alpha value is 0.380. The van der Waals surface area contributed by atoms with Crippen molar-refractivity contribution in [3.05, 3.63) is 6.92 Å². The molecule has 0 amide bonds. The Morgan fingerprint density at radius 1 is 1.18 bits per heavy atom. The fraction of sp³-hybridized carbons (Fsp3) is 0.800. The van der Waals surface area contributed by atoms with E-state index >= 15 is 0 Å². The average molecular weight is 276 g/mol. The van der Waals surface area contributed by atoms with Gasteiger partial charge in [-0.3, -0.25) is 9.35 Å². The van der Waals surface area contributed by atoms with Gasteiger partial charge in [-0.05, 0) is 0 Å². The predicted octanol–water partition coefficient (Wildman–Crippen LogP) is -0.856. The molecule has 0 fully saturated rings. The molecule has 5 nitrogen and oxygen atoms in total. The number of carboxylic acid groups (broad SMARTS) is 1. The summed E-state index contributed by atoms with van der Waals surface area (Å²) in [5.41, 5.74) is 0. The molecule has 0 heterocycles. The van der Waals surface area contributed by atoms with Gasteiger partial charge in [0.15, 0.2) is 5.75 Å². The zero-order valence-corrected chi connectivity index (χ0v) is 13.5. The summed E-state index contributed by atoms with van der Waals surface area (Å²) in [6, 6.07) is 0. The summed E-state index contributed by atoms with van der Waals surface area (Å²) < 4.78 is 27.0. The van der Waals surface area contributed by atoms with E-state index < -0.39 is 21.8 Å². The first-order chi connectivity index (χ1) is 7.33. The van der Waals surface area contributed by atoms with E-state index in [1.165, 1.54) is 32.1 Å². The maximum atomic E-state index is 9.62. The normalized spacial score (nSPS) is 9.82. The van der Waals surface area contributed by atoms with Gasteiger partial charge in [0.25, 0.3) is 10.1 Å². The first-order valence-corrected chi connectivity index (χ1v) is 6.90. The van der Waals surface area contributed by atoms with E-state index in [0.717, 1.165) is 6.42 Å². The van der Waals surface area contributed by atoms with Crippen LogP contribution in [0.2, 0.25) is 0 Å². The fourth-order valence-corrected chi connectivity index (χ4v) is 1.25. The zero-order valence-electron chi connectivity index (χ0n) is 10.7.